The third kappa shape index (κ3) is 5.81. The first-order valence-corrected chi connectivity index (χ1v) is 10.8. The van der Waals surface area contributed by atoms with Crippen molar-refractivity contribution in [2.75, 3.05) is 19.6 Å². The molecular weight excluding hydrogens is 411 g/mol. The molecule has 0 aliphatic carbocycles. The van der Waals surface area contributed by atoms with E-state index in [9.17, 15) is 9.18 Å². The van der Waals surface area contributed by atoms with Crippen molar-refractivity contribution in [2.24, 2.45) is 0 Å². The van der Waals surface area contributed by atoms with E-state index in [1.807, 2.05) is 49.4 Å². The summed E-state index contributed by atoms with van der Waals surface area (Å²) in [5.41, 5.74) is 1.64. The van der Waals surface area contributed by atoms with E-state index in [-0.39, 0.29) is 18.0 Å². The lowest BCUT2D eigenvalue weighted by molar-refractivity contribution is 0.0824. The molecule has 4 rings (SSSR count). The number of dihydropyridines is 1. The highest BCUT2D eigenvalue weighted by Gasteiger charge is 2.26. The number of carbonyl (C=O) groups is 1. The predicted octanol–water partition coefficient (Wildman–Crippen LogP) is 4.78. The number of hydrogen-bond donors (Lipinski definition) is 1. The van der Waals surface area contributed by atoms with Gasteiger partial charge in [-0.05, 0) is 55.0 Å². The van der Waals surface area contributed by atoms with Gasteiger partial charge in [-0.3, -0.25) is 0 Å². The average Bonchev–Trinajstić information content (AvgIpc) is 2.81. The van der Waals surface area contributed by atoms with Crippen molar-refractivity contribution in [3.8, 4) is 11.5 Å². The molecule has 1 amide bonds. The van der Waals surface area contributed by atoms with Gasteiger partial charge < -0.3 is 24.4 Å². The van der Waals surface area contributed by atoms with E-state index < -0.39 is 0 Å². The molecule has 0 aromatic heterocycles. The van der Waals surface area contributed by atoms with Crippen LogP contribution in [0.15, 0.2) is 72.1 Å². The molecule has 2 aromatic carbocycles. The van der Waals surface area contributed by atoms with E-state index in [4.69, 9.17) is 14.2 Å². The van der Waals surface area contributed by atoms with Gasteiger partial charge in [-0.25, -0.2) is 9.18 Å². The van der Waals surface area contributed by atoms with E-state index in [1.54, 1.807) is 11.0 Å². The summed E-state index contributed by atoms with van der Waals surface area (Å²) >= 11 is 0. The molecule has 1 saturated heterocycles. The maximum Gasteiger partial charge on any atom is 0.415 e. The Morgan fingerprint density at radius 3 is 2.59 bits per heavy atom. The van der Waals surface area contributed by atoms with Crippen molar-refractivity contribution in [1.29, 1.82) is 0 Å². The molecule has 2 aliphatic heterocycles. The number of nitrogens with zero attached hydrogens (tertiary/aromatic N) is 1. The first-order chi connectivity index (χ1) is 15.6. The maximum absolute atomic E-state index is 13.3. The molecule has 0 saturated carbocycles. The van der Waals surface area contributed by atoms with E-state index in [2.05, 4.69) is 5.32 Å². The molecular formula is C25H27FN2O4. The van der Waals surface area contributed by atoms with Crippen LogP contribution in [0.3, 0.4) is 0 Å². The number of hydrogen-bond acceptors (Lipinski definition) is 5. The number of benzene rings is 2. The van der Waals surface area contributed by atoms with Crippen molar-refractivity contribution in [3.05, 3.63) is 83.5 Å². The van der Waals surface area contributed by atoms with Gasteiger partial charge in [-0.2, -0.15) is 0 Å². The fourth-order valence-corrected chi connectivity index (χ4v) is 3.62. The Bertz CT molecular complexity index is 995. The van der Waals surface area contributed by atoms with Crippen LogP contribution in [-0.4, -0.2) is 36.7 Å². The summed E-state index contributed by atoms with van der Waals surface area (Å²) in [6.45, 7) is 4.11. The molecule has 0 bridgehead atoms. The smallest absolute Gasteiger partial charge is 0.415 e. The van der Waals surface area contributed by atoms with Gasteiger partial charge in [0.1, 0.15) is 30.0 Å². The Morgan fingerprint density at radius 2 is 1.88 bits per heavy atom. The molecule has 2 aromatic rings. The molecule has 0 spiro atoms. The predicted molar refractivity (Wildman–Crippen MR) is 119 cm³/mol. The summed E-state index contributed by atoms with van der Waals surface area (Å²) in [4.78, 5) is 14.1. The van der Waals surface area contributed by atoms with Crippen molar-refractivity contribution in [2.45, 2.75) is 32.5 Å². The van der Waals surface area contributed by atoms with Crippen LogP contribution in [-0.2, 0) is 11.3 Å². The van der Waals surface area contributed by atoms with Crippen molar-refractivity contribution >= 4 is 6.09 Å². The summed E-state index contributed by atoms with van der Waals surface area (Å²) in [5, 5.41) is 3.15. The third-order valence-corrected chi connectivity index (χ3v) is 5.44. The Balaban J connectivity index is 1.22. The molecule has 2 heterocycles. The highest BCUT2D eigenvalue weighted by atomic mass is 19.1. The van der Waals surface area contributed by atoms with E-state index in [0.29, 0.717) is 31.2 Å². The van der Waals surface area contributed by atoms with Gasteiger partial charge >= 0.3 is 6.09 Å². The van der Waals surface area contributed by atoms with Crippen LogP contribution in [0.5, 0.6) is 11.5 Å². The Hall–Kier alpha value is -3.48. The van der Waals surface area contributed by atoms with Crippen LogP contribution in [0.1, 0.15) is 25.3 Å². The van der Waals surface area contributed by atoms with Gasteiger partial charge in [0, 0.05) is 32.5 Å². The summed E-state index contributed by atoms with van der Waals surface area (Å²) < 4.78 is 30.5. The van der Waals surface area contributed by atoms with Crippen LogP contribution < -0.4 is 14.8 Å². The molecule has 6 nitrogen and oxygen atoms in total. The molecule has 1 N–H and O–H groups in total. The lowest BCUT2D eigenvalue weighted by Gasteiger charge is -2.31. The SMILES string of the molecule is CC1=C(OC(=O)N2CCC(Oc3ccc(OCc4cccc(F)c4)cc3)CC2)C=CCN1. The van der Waals surface area contributed by atoms with Crippen LogP contribution in [0.4, 0.5) is 9.18 Å². The van der Waals surface area contributed by atoms with Gasteiger partial charge in [0.15, 0.2) is 5.76 Å². The lowest BCUT2D eigenvalue weighted by Crippen LogP contribution is -2.42. The molecule has 1 fully saturated rings. The number of amides is 1. The molecule has 168 valence electrons. The van der Waals surface area contributed by atoms with Gasteiger partial charge in [0.05, 0.1) is 5.70 Å². The van der Waals surface area contributed by atoms with Gasteiger partial charge in [-0.15, -0.1) is 0 Å². The number of piperidine rings is 1. The van der Waals surface area contributed by atoms with E-state index >= 15 is 0 Å². The highest BCUT2D eigenvalue weighted by molar-refractivity contribution is 5.69. The Morgan fingerprint density at radius 1 is 1.12 bits per heavy atom. The second kappa shape index (κ2) is 10.2. The zero-order chi connectivity index (χ0) is 22.3. The zero-order valence-corrected chi connectivity index (χ0v) is 18.1. The van der Waals surface area contributed by atoms with Crippen LogP contribution in [0.2, 0.25) is 0 Å². The highest BCUT2D eigenvalue weighted by Crippen LogP contribution is 2.23. The third-order valence-electron chi connectivity index (χ3n) is 5.44. The standard InChI is InChI=1S/C25H27FN2O4/c1-18-24(6-3-13-27-18)32-25(29)28-14-11-23(12-15-28)31-22-9-7-21(8-10-22)30-17-19-4-2-5-20(26)16-19/h2-10,16,23,27H,11-15,17H2,1H3. The zero-order valence-electron chi connectivity index (χ0n) is 18.1. The second-order valence-corrected chi connectivity index (χ2v) is 7.83. The van der Waals surface area contributed by atoms with Gasteiger partial charge in [-0.1, -0.05) is 18.2 Å². The van der Waals surface area contributed by atoms with Crippen molar-refractivity contribution in [1.82, 2.24) is 10.2 Å². The Labute approximate surface area is 187 Å². The first-order valence-electron chi connectivity index (χ1n) is 10.8. The largest absolute Gasteiger partial charge is 0.490 e. The van der Waals surface area contributed by atoms with Crippen LogP contribution in [0.25, 0.3) is 0 Å². The van der Waals surface area contributed by atoms with Crippen molar-refractivity contribution < 1.29 is 23.4 Å². The second-order valence-electron chi connectivity index (χ2n) is 7.83. The average molecular weight is 438 g/mol. The lowest BCUT2D eigenvalue weighted by atomic mass is 10.1. The minimum Gasteiger partial charge on any atom is -0.490 e. The summed E-state index contributed by atoms with van der Waals surface area (Å²) in [7, 11) is 0. The molecule has 0 unspecified atom stereocenters. The normalized spacial score (nSPS) is 16.5. The first kappa shape index (κ1) is 21.7. The van der Waals surface area contributed by atoms with Gasteiger partial charge in [0.25, 0.3) is 0 Å². The van der Waals surface area contributed by atoms with Crippen LogP contribution in [0, 0.1) is 5.82 Å². The quantitative estimate of drug-likeness (QED) is 0.704. The number of likely N-dealkylation sites (tertiary alicyclic amines) is 1. The number of rotatable bonds is 6. The number of halogens is 1. The van der Waals surface area contributed by atoms with Gasteiger partial charge in [0.2, 0.25) is 0 Å². The maximum atomic E-state index is 13.3. The van der Waals surface area contributed by atoms with Crippen molar-refractivity contribution in [3.63, 3.8) is 0 Å². The van der Waals surface area contributed by atoms with Crippen LogP contribution >= 0.6 is 0 Å². The fourth-order valence-electron chi connectivity index (χ4n) is 3.62. The van der Waals surface area contributed by atoms with E-state index in [1.165, 1.54) is 12.1 Å². The molecule has 32 heavy (non-hydrogen) atoms. The topological polar surface area (TPSA) is 60.0 Å². The molecule has 0 radical (unpaired) electrons. The minimum atomic E-state index is -0.328. The fraction of sp³-hybridized carbons (Fsp3) is 0.320. The molecule has 0 atom stereocenters. The Kier molecular flexibility index (Phi) is 6.94. The number of carbonyl (C=O) groups excluding carboxylic acids is 1. The number of allylic oxidation sites excluding steroid dienone is 2. The summed E-state index contributed by atoms with van der Waals surface area (Å²) in [6.07, 6.45) is 4.93. The summed E-state index contributed by atoms with van der Waals surface area (Å²) in [5.74, 6) is 1.74. The monoisotopic (exact) mass is 438 g/mol. The number of ether oxygens (including phenoxy) is 3. The summed E-state index contributed by atoms with van der Waals surface area (Å²) in [6, 6.07) is 13.7. The molecule has 2 aliphatic rings. The minimum absolute atomic E-state index is 0.0373. The van der Waals surface area contributed by atoms with E-state index in [0.717, 1.165) is 36.4 Å². The number of nitrogens with one attached hydrogen (secondary N) is 1. The molecule has 7 heteroatoms.